The van der Waals surface area contributed by atoms with E-state index in [9.17, 15) is 9.59 Å². The van der Waals surface area contributed by atoms with Crippen molar-refractivity contribution in [3.8, 4) is 0 Å². The van der Waals surface area contributed by atoms with Crippen LogP contribution in [0, 0.1) is 5.92 Å². The van der Waals surface area contributed by atoms with E-state index in [1.54, 1.807) is 4.90 Å². The van der Waals surface area contributed by atoms with Crippen molar-refractivity contribution in [1.82, 2.24) is 10.2 Å². The highest BCUT2D eigenvalue weighted by molar-refractivity contribution is 5.82. The molecule has 5 nitrogen and oxygen atoms in total. The maximum Gasteiger partial charge on any atom is 0.410 e. The average Bonchev–Trinajstić information content (AvgIpc) is 2.33. The summed E-state index contributed by atoms with van der Waals surface area (Å²) in [5.74, 6) is -0.153. The Kier molecular flexibility index (Phi) is 4.50. The maximum atomic E-state index is 12.0. The van der Waals surface area contributed by atoms with Crippen LogP contribution in [0.15, 0.2) is 30.3 Å². The van der Waals surface area contributed by atoms with Gasteiger partial charge in [-0.25, -0.2) is 4.79 Å². The van der Waals surface area contributed by atoms with E-state index in [-0.39, 0.29) is 17.9 Å². The number of hydrogen-bond donors (Lipinski definition) is 1. The molecule has 1 heterocycles. The molecule has 0 bridgehead atoms. The van der Waals surface area contributed by atoms with Gasteiger partial charge in [0.25, 0.3) is 0 Å². The Bertz CT molecular complexity index is 502. The van der Waals surface area contributed by atoms with E-state index in [0.717, 1.165) is 5.56 Å². The Morgan fingerprint density at radius 2 is 1.86 bits per heavy atom. The lowest BCUT2D eigenvalue weighted by atomic mass is 10.00. The summed E-state index contributed by atoms with van der Waals surface area (Å²) in [6.07, 6.45) is -0.352. The van der Waals surface area contributed by atoms with Gasteiger partial charge in [0.2, 0.25) is 5.91 Å². The van der Waals surface area contributed by atoms with Gasteiger partial charge in [-0.2, -0.15) is 0 Å². The Morgan fingerprint density at radius 3 is 2.43 bits per heavy atom. The molecular formula is C16H22N2O3. The summed E-state index contributed by atoms with van der Waals surface area (Å²) in [4.78, 5) is 25.3. The Hall–Kier alpha value is -2.04. The predicted octanol–water partition coefficient (Wildman–Crippen LogP) is 2.17. The third-order valence-electron chi connectivity index (χ3n) is 3.21. The number of ether oxygens (including phenoxy) is 1. The first-order valence-electron chi connectivity index (χ1n) is 7.15. The smallest absolute Gasteiger partial charge is 0.410 e. The molecule has 0 saturated carbocycles. The van der Waals surface area contributed by atoms with Crippen molar-refractivity contribution in [2.24, 2.45) is 5.92 Å². The van der Waals surface area contributed by atoms with Crippen molar-refractivity contribution in [3.63, 3.8) is 0 Å². The van der Waals surface area contributed by atoms with E-state index in [0.29, 0.717) is 19.6 Å². The van der Waals surface area contributed by atoms with E-state index < -0.39 is 5.60 Å². The number of likely N-dealkylation sites (tertiary alicyclic amines) is 1. The summed E-state index contributed by atoms with van der Waals surface area (Å²) in [7, 11) is 0. The molecule has 1 aliphatic heterocycles. The number of carbonyl (C=O) groups excluding carboxylic acids is 2. The molecule has 1 aromatic rings. The zero-order valence-corrected chi connectivity index (χ0v) is 12.8. The summed E-state index contributed by atoms with van der Waals surface area (Å²) in [6, 6.07) is 9.75. The van der Waals surface area contributed by atoms with Gasteiger partial charge in [0.15, 0.2) is 0 Å². The maximum absolute atomic E-state index is 12.0. The Morgan fingerprint density at radius 1 is 1.24 bits per heavy atom. The van der Waals surface area contributed by atoms with Crippen LogP contribution >= 0.6 is 0 Å². The van der Waals surface area contributed by atoms with Crippen molar-refractivity contribution in [2.45, 2.75) is 32.9 Å². The zero-order valence-electron chi connectivity index (χ0n) is 12.8. The summed E-state index contributed by atoms with van der Waals surface area (Å²) < 4.78 is 5.25. The van der Waals surface area contributed by atoms with Gasteiger partial charge < -0.3 is 15.0 Å². The van der Waals surface area contributed by atoms with Crippen molar-refractivity contribution in [2.75, 3.05) is 13.1 Å². The molecule has 0 aliphatic carbocycles. The fourth-order valence-electron chi connectivity index (χ4n) is 2.05. The second-order valence-corrected chi connectivity index (χ2v) is 6.29. The van der Waals surface area contributed by atoms with Crippen LogP contribution in [0.3, 0.4) is 0 Å². The van der Waals surface area contributed by atoms with E-state index in [1.165, 1.54) is 0 Å². The second-order valence-electron chi connectivity index (χ2n) is 6.29. The molecule has 21 heavy (non-hydrogen) atoms. The van der Waals surface area contributed by atoms with Gasteiger partial charge in [-0.1, -0.05) is 30.3 Å². The number of hydrogen-bond acceptors (Lipinski definition) is 3. The van der Waals surface area contributed by atoms with Gasteiger partial charge in [-0.15, -0.1) is 0 Å². The SMILES string of the molecule is CC(C)(C)OC(=O)N1CC(C(=O)NCc2ccccc2)C1. The highest BCUT2D eigenvalue weighted by Crippen LogP contribution is 2.19. The van der Waals surface area contributed by atoms with Crippen molar-refractivity contribution >= 4 is 12.0 Å². The number of nitrogens with one attached hydrogen (secondary N) is 1. The third kappa shape index (κ3) is 4.48. The lowest BCUT2D eigenvalue weighted by molar-refractivity contribution is -0.129. The first kappa shape index (κ1) is 15.4. The normalized spacial score (nSPS) is 15.3. The second kappa shape index (κ2) is 6.16. The first-order valence-corrected chi connectivity index (χ1v) is 7.15. The number of nitrogens with zero attached hydrogens (tertiary/aromatic N) is 1. The number of amides is 2. The molecule has 0 spiro atoms. The molecule has 1 fully saturated rings. The minimum atomic E-state index is -0.502. The molecule has 0 unspecified atom stereocenters. The molecule has 0 atom stereocenters. The minimum Gasteiger partial charge on any atom is -0.444 e. The van der Waals surface area contributed by atoms with Crippen LogP contribution in [-0.4, -0.2) is 35.6 Å². The Balaban J connectivity index is 1.72. The van der Waals surface area contributed by atoms with Crippen LogP contribution in [0.25, 0.3) is 0 Å². The van der Waals surface area contributed by atoms with E-state index in [1.807, 2.05) is 51.1 Å². The largest absolute Gasteiger partial charge is 0.444 e. The van der Waals surface area contributed by atoms with Crippen LogP contribution in [0.5, 0.6) is 0 Å². The summed E-state index contributed by atoms with van der Waals surface area (Å²) in [5.41, 5.74) is 0.562. The first-order chi connectivity index (χ1) is 9.85. The highest BCUT2D eigenvalue weighted by atomic mass is 16.6. The summed E-state index contributed by atoms with van der Waals surface area (Å²) in [6.45, 7) is 6.85. The highest BCUT2D eigenvalue weighted by Gasteiger charge is 2.37. The van der Waals surface area contributed by atoms with Crippen LogP contribution in [0.1, 0.15) is 26.3 Å². The molecular weight excluding hydrogens is 268 g/mol. The quantitative estimate of drug-likeness (QED) is 0.928. The molecule has 1 N–H and O–H groups in total. The van der Waals surface area contributed by atoms with Crippen molar-refractivity contribution in [1.29, 1.82) is 0 Å². The number of benzene rings is 1. The topological polar surface area (TPSA) is 58.6 Å². The van der Waals surface area contributed by atoms with Crippen molar-refractivity contribution in [3.05, 3.63) is 35.9 Å². The lowest BCUT2D eigenvalue weighted by Crippen LogP contribution is -2.56. The van der Waals surface area contributed by atoms with Crippen molar-refractivity contribution < 1.29 is 14.3 Å². The summed E-state index contributed by atoms with van der Waals surface area (Å²) >= 11 is 0. The molecule has 1 aromatic carbocycles. The summed E-state index contributed by atoms with van der Waals surface area (Å²) in [5, 5.41) is 2.89. The molecule has 0 radical (unpaired) electrons. The van der Waals surface area contributed by atoms with Gasteiger partial charge in [0.05, 0.1) is 5.92 Å². The van der Waals surface area contributed by atoms with E-state index >= 15 is 0 Å². The zero-order chi connectivity index (χ0) is 15.5. The minimum absolute atomic E-state index is 0.0151. The fourth-order valence-corrected chi connectivity index (χ4v) is 2.05. The van der Waals surface area contributed by atoms with Gasteiger partial charge in [-0.05, 0) is 26.3 Å². The van der Waals surface area contributed by atoms with Crippen LogP contribution < -0.4 is 5.32 Å². The van der Waals surface area contributed by atoms with Gasteiger partial charge in [-0.3, -0.25) is 4.79 Å². The monoisotopic (exact) mass is 290 g/mol. The molecule has 2 amide bonds. The van der Waals surface area contributed by atoms with E-state index in [4.69, 9.17) is 4.74 Å². The van der Waals surface area contributed by atoms with E-state index in [2.05, 4.69) is 5.32 Å². The van der Waals surface area contributed by atoms with Gasteiger partial charge in [0.1, 0.15) is 5.60 Å². The molecule has 2 rings (SSSR count). The molecule has 5 heteroatoms. The third-order valence-corrected chi connectivity index (χ3v) is 3.21. The fraction of sp³-hybridized carbons (Fsp3) is 0.500. The van der Waals surface area contributed by atoms with Crippen LogP contribution in [0.4, 0.5) is 4.79 Å². The Labute approximate surface area is 125 Å². The standard InChI is InChI=1S/C16H22N2O3/c1-16(2,3)21-15(20)18-10-13(11-18)14(19)17-9-12-7-5-4-6-8-12/h4-8,13H,9-11H2,1-3H3,(H,17,19). The van der Waals surface area contributed by atoms with Crippen LogP contribution in [-0.2, 0) is 16.1 Å². The van der Waals surface area contributed by atoms with Crippen LogP contribution in [0.2, 0.25) is 0 Å². The number of rotatable bonds is 3. The molecule has 1 aliphatic rings. The average molecular weight is 290 g/mol. The van der Waals surface area contributed by atoms with Gasteiger partial charge in [0, 0.05) is 19.6 Å². The lowest BCUT2D eigenvalue weighted by Gasteiger charge is -2.38. The molecule has 1 saturated heterocycles. The molecule has 0 aromatic heterocycles. The number of carbonyl (C=O) groups is 2. The molecule has 114 valence electrons. The van der Waals surface area contributed by atoms with Gasteiger partial charge >= 0.3 is 6.09 Å². The predicted molar refractivity (Wildman–Crippen MR) is 79.6 cm³/mol.